The lowest BCUT2D eigenvalue weighted by atomic mass is 10.4. The molecule has 0 bridgehead atoms. The van der Waals surface area contributed by atoms with Crippen molar-refractivity contribution in [3.63, 3.8) is 0 Å². The topological polar surface area (TPSA) is 63.1 Å². The zero-order valence-corrected chi connectivity index (χ0v) is 10.8. The molecule has 0 aliphatic carbocycles. The lowest BCUT2D eigenvalue weighted by molar-refractivity contribution is -0.114. The minimum Gasteiger partial charge on any atom is -0.335 e. The maximum atomic E-state index is 10.9. The Balaban J connectivity index is 1.70. The number of nitrogens with one attached hydrogen (secondary N) is 1. The molecule has 1 aliphatic heterocycles. The number of anilines is 2. The van der Waals surface area contributed by atoms with Crippen molar-refractivity contribution < 1.29 is 4.79 Å². The minimum atomic E-state index is -0.0902. The van der Waals surface area contributed by atoms with E-state index in [-0.39, 0.29) is 5.91 Å². The van der Waals surface area contributed by atoms with Crippen molar-refractivity contribution in [3.05, 3.63) is 23.5 Å². The van der Waals surface area contributed by atoms with Crippen LogP contribution < -0.4 is 10.2 Å². The van der Waals surface area contributed by atoms with E-state index in [4.69, 9.17) is 0 Å². The first-order valence-electron chi connectivity index (χ1n) is 5.70. The van der Waals surface area contributed by atoms with Crippen LogP contribution in [0.15, 0.2) is 17.8 Å². The average Bonchev–Trinajstić information content (AvgIpc) is 2.96. The minimum absolute atomic E-state index is 0.0902. The second kappa shape index (κ2) is 4.41. The number of nitrogens with zero attached hydrogens (tertiary/aromatic N) is 4. The lowest BCUT2D eigenvalue weighted by Crippen LogP contribution is -2.20. The third kappa shape index (κ3) is 2.08. The highest BCUT2D eigenvalue weighted by molar-refractivity contribution is 7.13. The lowest BCUT2D eigenvalue weighted by Gasteiger charge is -2.13. The van der Waals surface area contributed by atoms with Crippen LogP contribution in [0.25, 0.3) is 0 Å². The van der Waals surface area contributed by atoms with Gasteiger partial charge in [-0.1, -0.05) is 0 Å². The summed E-state index contributed by atoms with van der Waals surface area (Å²) in [6, 6.07) is 0. The van der Waals surface area contributed by atoms with Crippen molar-refractivity contribution in [2.24, 2.45) is 0 Å². The van der Waals surface area contributed by atoms with E-state index in [1.54, 1.807) is 0 Å². The van der Waals surface area contributed by atoms with Crippen LogP contribution in [0.1, 0.15) is 12.6 Å². The molecule has 0 unspecified atom stereocenters. The summed E-state index contributed by atoms with van der Waals surface area (Å²) in [7, 11) is 0. The van der Waals surface area contributed by atoms with Crippen molar-refractivity contribution in [1.29, 1.82) is 0 Å². The fourth-order valence-electron chi connectivity index (χ4n) is 2.02. The molecule has 0 saturated carbocycles. The predicted octanol–water partition coefficient (Wildman–Crippen LogP) is 1.32. The Labute approximate surface area is 108 Å². The van der Waals surface area contributed by atoms with Crippen LogP contribution in [-0.4, -0.2) is 27.0 Å². The molecule has 0 spiro atoms. The van der Waals surface area contributed by atoms with Crippen LogP contribution in [-0.2, 0) is 17.9 Å². The standard InChI is InChI=1S/C11H13N5OS/c1-8(17)13-10-14-9(7-18-10)6-16-5-4-15-3-2-12-11(15)16/h2-3,7H,4-6H2,1H3,(H,13,14,17). The van der Waals surface area contributed by atoms with Gasteiger partial charge in [0.1, 0.15) is 0 Å². The summed E-state index contributed by atoms with van der Waals surface area (Å²) in [6.45, 7) is 4.14. The quantitative estimate of drug-likeness (QED) is 0.907. The summed E-state index contributed by atoms with van der Waals surface area (Å²) in [5.74, 6) is 0.900. The summed E-state index contributed by atoms with van der Waals surface area (Å²) in [6.07, 6.45) is 3.80. The number of carbonyl (C=O) groups is 1. The van der Waals surface area contributed by atoms with Gasteiger partial charge in [-0.2, -0.15) is 0 Å². The fraction of sp³-hybridized carbons (Fsp3) is 0.364. The van der Waals surface area contributed by atoms with E-state index in [0.717, 1.165) is 31.3 Å². The van der Waals surface area contributed by atoms with Crippen molar-refractivity contribution in [2.75, 3.05) is 16.8 Å². The van der Waals surface area contributed by atoms with Gasteiger partial charge in [0.05, 0.1) is 12.2 Å². The molecule has 0 radical (unpaired) electrons. The third-order valence-electron chi connectivity index (χ3n) is 2.77. The monoisotopic (exact) mass is 263 g/mol. The molecule has 1 aliphatic rings. The highest BCUT2D eigenvalue weighted by Crippen LogP contribution is 2.22. The summed E-state index contributed by atoms with van der Waals surface area (Å²) in [5, 5.41) is 5.32. The number of rotatable bonds is 3. The fourth-order valence-corrected chi connectivity index (χ4v) is 2.77. The summed E-state index contributed by atoms with van der Waals surface area (Å²) in [5.41, 5.74) is 0.959. The van der Waals surface area contributed by atoms with E-state index in [1.807, 2.05) is 17.8 Å². The Morgan fingerprint density at radius 2 is 2.44 bits per heavy atom. The normalized spacial score (nSPS) is 13.7. The molecule has 6 nitrogen and oxygen atoms in total. The Kier molecular flexibility index (Phi) is 2.75. The first kappa shape index (κ1) is 11.2. The number of thiazole rings is 1. The maximum absolute atomic E-state index is 10.9. The number of amides is 1. The molecule has 0 saturated heterocycles. The van der Waals surface area contributed by atoms with Gasteiger partial charge in [0.15, 0.2) is 5.13 Å². The van der Waals surface area contributed by atoms with Gasteiger partial charge < -0.3 is 14.8 Å². The number of imidazole rings is 1. The van der Waals surface area contributed by atoms with Crippen LogP contribution >= 0.6 is 11.3 Å². The molecule has 94 valence electrons. The Morgan fingerprint density at radius 1 is 1.56 bits per heavy atom. The van der Waals surface area contributed by atoms with Crippen LogP contribution in [0.2, 0.25) is 0 Å². The molecule has 2 aromatic rings. The summed E-state index contributed by atoms with van der Waals surface area (Å²) < 4.78 is 2.13. The van der Waals surface area contributed by atoms with E-state index in [2.05, 4.69) is 24.8 Å². The highest BCUT2D eigenvalue weighted by atomic mass is 32.1. The second-order valence-corrected chi connectivity index (χ2v) is 5.03. The SMILES string of the molecule is CC(=O)Nc1nc(CN2CCn3ccnc32)cs1. The largest absolute Gasteiger partial charge is 0.335 e. The van der Waals surface area contributed by atoms with Gasteiger partial charge in [-0.15, -0.1) is 11.3 Å². The number of aromatic nitrogens is 3. The van der Waals surface area contributed by atoms with Crippen molar-refractivity contribution >= 4 is 28.3 Å². The average molecular weight is 263 g/mol. The second-order valence-electron chi connectivity index (χ2n) is 4.17. The van der Waals surface area contributed by atoms with Gasteiger partial charge in [-0.25, -0.2) is 9.97 Å². The molecule has 2 aromatic heterocycles. The smallest absolute Gasteiger partial charge is 0.223 e. The number of carbonyl (C=O) groups excluding carboxylic acids is 1. The first-order valence-corrected chi connectivity index (χ1v) is 6.58. The summed E-state index contributed by atoms with van der Waals surface area (Å²) in [4.78, 5) is 21.8. The van der Waals surface area contributed by atoms with Crippen LogP contribution in [0, 0.1) is 0 Å². The molecule has 3 heterocycles. The molecule has 1 amide bonds. The van der Waals surface area contributed by atoms with Crippen LogP contribution in [0.4, 0.5) is 11.1 Å². The molecule has 1 N–H and O–H groups in total. The van der Waals surface area contributed by atoms with E-state index in [9.17, 15) is 4.79 Å². The van der Waals surface area contributed by atoms with Crippen LogP contribution in [0.5, 0.6) is 0 Å². The van der Waals surface area contributed by atoms with Gasteiger partial charge in [0.2, 0.25) is 11.9 Å². The molecule has 18 heavy (non-hydrogen) atoms. The van der Waals surface area contributed by atoms with E-state index >= 15 is 0 Å². The number of hydrogen-bond acceptors (Lipinski definition) is 5. The third-order valence-corrected chi connectivity index (χ3v) is 3.58. The Hall–Kier alpha value is -1.89. The zero-order chi connectivity index (χ0) is 12.5. The maximum Gasteiger partial charge on any atom is 0.223 e. The van der Waals surface area contributed by atoms with Gasteiger partial charge in [-0.3, -0.25) is 4.79 Å². The van der Waals surface area contributed by atoms with E-state index < -0.39 is 0 Å². The Morgan fingerprint density at radius 3 is 3.28 bits per heavy atom. The van der Waals surface area contributed by atoms with Gasteiger partial charge in [-0.05, 0) is 0 Å². The van der Waals surface area contributed by atoms with E-state index in [1.165, 1.54) is 18.3 Å². The molecule has 0 aromatic carbocycles. The zero-order valence-electron chi connectivity index (χ0n) is 9.96. The van der Waals surface area contributed by atoms with Crippen molar-refractivity contribution in [1.82, 2.24) is 14.5 Å². The molecule has 3 rings (SSSR count). The predicted molar refractivity (Wildman–Crippen MR) is 69.7 cm³/mol. The van der Waals surface area contributed by atoms with Gasteiger partial charge in [0, 0.05) is 37.8 Å². The van der Waals surface area contributed by atoms with E-state index in [0.29, 0.717) is 5.13 Å². The van der Waals surface area contributed by atoms with Crippen molar-refractivity contribution in [3.8, 4) is 0 Å². The van der Waals surface area contributed by atoms with Crippen LogP contribution in [0.3, 0.4) is 0 Å². The van der Waals surface area contributed by atoms with Gasteiger partial charge in [0.25, 0.3) is 0 Å². The number of fused-ring (bicyclic) bond motifs is 1. The molecular weight excluding hydrogens is 250 g/mol. The van der Waals surface area contributed by atoms with Gasteiger partial charge >= 0.3 is 0 Å². The molecule has 0 atom stereocenters. The highest BCUT2D eigenvalue weighted by Gasteiger charge is 2.20. The van der Waals surface area contributed by atoms with Crippen molar-refractivity contribution in [2.45, 2.75) is 20.0 Å². The molecule has 7 heteroatoms. The molecule has 0 fully saturated rings. The molecular formula is C11H13N5OS. The summed E-state index contributed by atoms with van der Waals surface area (Å²) >= 11 is 1.45. The Bertz CT molecular complexity index is 576. The first-order chi connectivity index (χ1) is 8.72. The number of hydrogen-bond donors (Lipinski definition) is 1.